The van der Waals surface area contributed by atoms with Gasteiger partial charge in [-0.3, -0.25) is 4.79 Å². The summed E-state index contributed by atoms with van der Waals surface area (Å²) < 4.78 is 7.30. The van der Waals surface area contributed by atoms with Crippen LogP contribution in [0, 0.1) is 0 Å². The molecular weight excluding hydrogens is 371 g/mol. The Bertz CT molecular complexity index is 958. The Balaban J connectivity index is 1.50. The molecule has 0 N–H and O–H groups in total. The number of halogens is 2. The van der Waals surface area contributed by atoms with Crippen LogP contribution >= 0.6 is 34.5 Å². The van der Waals surface area contributed by atoms with E-state index in [1.54, 1.807) is 18.2 Å². The maximum atomic E-state index is 11.8. The predicted molar refractivity (Wildman–Crippen MR) is 94.8 cm³/mol. The quantitative estimate of drug-likeness (QED) is 0.696. The minimum absolute atomic E-state index is 0.0268. The SMILES string of the molecule is O=c1ccnc2sc(N3CCC(Oc4ccc(Cl)c(Cl)c4)C3)nn12. The van der Waals surface area contributed by atoms with Gasteiger partial charge in [-0.25, -0.2) is 4.98 Å². The van der Waals surface area contributed by atoms with E-state index in [0.29, 0.717) is 27.3 Å². The van der Waals surface area contributed by atoms with Gasteiger partial charge in [-0.15, -0.1) is 5.10 Å². The average molecular weight is 383 g/mol. The molecule has 4 rings (SSSR count). The van der Waals surface area contributed by atoms with Crippen molar-refractivity contribution in [2.45, 2.75) is 12.5 Å². The number of rotatable bonds is 3. The van der Waals surface area contributed by atoms with Crippen LogP contribution in [-0.4, -0.2) is 33.8 Å². The van der Waals surface area contributed by atoms with Gasteiger partial charge in [0.05, 0.1) is 16.6 Å². The molecule has 2 aromatic heterocycles. The fourth-order valence-electron chi connectivity index (χ4n) is 2.60. The van der Waals surface area contributed by atoms with Crippen molar-refractivity contribution in [2.24, 2.45) is 0 Å². The van der Waals surface area contributed by atoms with Gasteiger partial charge in [0.15, 0.2) is 0 Å². The second-order valence-electron chi connectivity index (χ2n) is 5.41. The van der Waals surface area contributed by atoms with Crippen LogP contribution in [0.5, 0.6) is 5.75 Å². The van der Waals surface area contributed by atoms with Crippen molar-refractivity contribution in [2.75, 3.05) is 18.0 Å². The lowest BCUT2D eigenvalue weighted by Crippen LogP contribution is -2.25. The lowest BCUT2D eigenvalue weighted by Gasteiger charge is -2.16. The first-order valence-electron chi connectivity index (χ1n) is 7.32. The van der Waals surface area contributed by atoms with Gasteiger partial charge in [0.25, 0.3) is 5.56 Å². The molecule has 1 unspecified atom stereocenters. The van der Waals surface area contributed by atoms with E-state index in [1.807, 2.05) is 0 Å². The molecule has 24 heavy (non-hydrogen) atoms. The van der Waals surface area contributed by atoms with Crippen molar-refractivity contribution in [3.63, 3.8) is 0 Å². The summed E-state index contributed by atoms with van der Waals surface area (Å²) in [6, 6.07) is 6.64. The van der Waals surface area contributed by atoms with E-state index in [-0.39, 0.29) is 11.7 Å². The molecule has 9 heteroatoms. The summed E-state index contributed by atoms with van der Waals surface area (Å²) in [4.78, 5) is 18.6. The van der Waals surface area contributed by atoms with Crippen molar-refractivity contribution >= 4 is 44.6 Å². The second kappa shape index (κ2) is 6.23. The molecular formula is C15H12Cl2N4O2S. The third-order valence-electron chi connectivity index (χ3n) is 3.77. The molecule has 1 saturated heterocycles. The van der Waals surface area contributed by atoms with Gasteiger partial charge >= 0.3 is 0 Å². The summed E-state index contributed by atoms with van der Waals surface area (Å²) in [5.74, 6) is 0.693. The minimum atomic E-state index is -0.176. The van der Waals surface area contributed by atoms with Gasteiger partial charge in [0.1, 0.15) is 11.9 Å². The first-order valence-corrected chi connectivity index (χ1v) is 8.89. The first kappa shape index (κ1) is 15.7. The summed E-state index contributed by atoms with van der Waals surface area (Å²) in [5.41, 5.74) is -0.176. The Morgan fingerprint density at radius 1 is 1.25 bits per heavy atom. The maximum absolute atomic E-state index is 11.8. The standard InChI is InChI=1S/C15H12Cl2N4O2S/c16-11-2-1-9(7-12(11)17)23-10-4-6-20(8-10)15-19-21-13(22)3-5-18-14(21)24-15/h1-3,5,7,10H,4,6,8H2. The van der Waals surface area contributed by atoms with Gasteiger partial charge < -0.3 is 9.64 Å². The normalized spacial score (nSPS) is 17.6. The zero-order valence-electron chi connectivity index (χ0n) is 12.4. The summed E-state index contributed by atoms with van der Waals surface area (Å²) in [5, 5.41) is 6.10. The molecule has 1 aliphatic heterocycles. The van der Waals surface area contributed by atoms with Crippen LogP contribution < -0.4 is 15.2 Å². The van der Waals surface area contributed by atoms with Crippen molar-refractivity contribution in [3.8, 4) is 5.75 Å². The molecule has 124 valence electrons. The van der Waals surface area contributed by atoms with Gasteiger partial charge in [-0.05, 0) is 12.1 Å². The van der Waals surface area contributed by atoms with Crippen molar-refractivity contribution in [1.82, 2.24) is 14.6 Å². The Kier molecular flexibility index (Phi) is 4.07. The lowest BCUT2D eigenvalue weighted by atomic mass is 10.3. The molecule has 1 atom stereocenters. The topological polar surface area (TPSA) is 59.7 Å². The monoisotopic (exact) mass is 382 g/mol. The number of benzene rings is 1. The number of aromatic nitrogens is 3. The van der Waals surface area contributed by atoms with Crippen LogP contribution in [0.25, 0.3) is 4.96 Å². The van der Waals surface area contributed by atoms with Gasteiger partial charge in [-0.1, -0.05) is 34.5 Å². The Morgan fingerprint density at radius 3 is 2.92 bits per heavy atom. The molecule has 1 aliphatic rings. The molecule has 0 saturated carbocycles. The first-order chi connectivity index (χ1) is 11.6. The summed E-state index contributed by atoms with van der Waals surface area (Å²) in [6.07, 6.45) is 2.39. The van der Waals surface area contributed by atoms with Crippen LogP contribution in [0.15, 0.2) is 35.3 Å². The minimum Gasteiger partial charge on any atom is -0.488 e. The van der Waals surface area contributed by atoms with Gasteiger partial charge in [0.2, 0.25) is 10.1 Å². The van der Waals surface area contributed by atoms with E-state index < -0.39 is 0 Å². The molecule has 0 radical (unpaired) electrons. The Labute approximate surface area is 151 Å². The van der Waals surface area contributed by atoms with Crippen molar-refractivity contribution in [1.29, 1.82) is 0 Å². The van der Waals surface area contributed by atoms with Crippen LogP contribution in [0.4, 0.5) is 5.13 Å². The molecule has 0 aliphatic carbocycles. The molecule has 1 aromatic carbocycles. The van der Waals surface area contributed by atoms with Crippen LogP contribution in [0.3, 0.4) is 0 Å². The number of hydrogen-bond acceptors (Lipinski definition) is 6. The van der Waals surface area contributed by atoms with Crippen LogP contribution in [0.1, 0.15) is 6.42 Å². The molecule has 3 heterocycles. The summed E-state index contributed by atoms with van der Waals surface area (Å²) in [6.45, 7) is 1.50. The third-order valence-corrected chi connectivity index (χ3v) is 5.49. The highest BCUT2D eigenvalue weighted by Crippen LogP contribution is 2.30. The largest absolute Gasteiger partial charge is 0.488 e. The van der Waals surface area contributed by atoms with E-state index in [1.165, 1.54) is 28.1 Å². The van der Waals surface area contributed by atoms with E-state index in [0.717, 1.165) is 18.1 Å². The Hall–Kier alpha value is -1.83. The number of nitrogens with zero attached hydrogens (tertiary/aromatic N) is 4. The number of hydrogen-bond donors (Lipinski definition) is 0. The summed E-state index contributed by atoms with van der Waals surface area (Å²) in [7, 11) is 0. The highest BCUT2D eigenvalue weighted by molar-refractivity contribution is 7.20. The molecule has 6 nitrogen and oxygen atoms in total. The van der Waals surface area contributed by atoms with Crippen LogP contribution in [-0.2, 0) is 0 Å². The molecule has 0 bridgehead atoms. The number of anilines is 1. The molecule has 0 spiro atoms. The van der Waals surface area contributed by atoms with Gasteiger partial charge in [-0.2, -0.15) is 4.52 Å². The van der Waals surface area contributed by atoms with E-state index in [2.05, 4.69) is 15.0 Å². The Morgan fingerprint density at radius 2 is 2.12 bits per heavy atom. The van der Waals surface area contributed by atoms with Crippen molar-refractivity contribution < 1.29 is 4.74 Å². The fraction of sp³-hybridized carbons (Fsp3) is 0.267. The smallest absolute Gasteiger partial charge is 0.275 e. The fourth-order valence-corrected chi connectivity index (χ4v) is 3.80. The average Bonchev–Trinajstić information content (AvgIpc) is 3.18. The van der Waals surface area contributed by atoms with Crippen LogP contribution in [0.2, 0.25) is 10.0 Å². The predicted octanol–water partition coefficient (Wildman–Crippen LogP) is 3.12. The highest BCUT2D eigenvalue weighted by Gasteiger charge is 2.27. The highest BCUT2D eigenvalue weighted by atomic mass is 35.5. The maximum Gasteiger partial charge on any atom is 0.275 e. The van der Waals surface area contributed by atoms with E-state index in [4.69, 9.17) is 27.9 Å². The second-order valence-corrected chi connectivity index (χ2v) is 7.16. The van der Waals surface area contributed by atoms with E-state index in [9.17, 15) is 4.79 Å². The van der Waals surface area contributed by atoms with E-state index >= 15 is 0 Å². The zero-order valence-corrected chi connectivity index (χ0v) is 14.7. The third kappa shape index (κ3) is 2.94. The molecule has 1 fully saturated rings. The zero-order chi connectivity index (χ0) is 16.7. The lowest BCUT2D eigenvalue weighted by molar-refractivity contribution is 0.225. The molecule has 0 amide bonds. The molecule has 3 aromatic rings. The van der Waals surface area contributed by atoms with Crippen molar-refractivity contribution in [3.05, 3.63) is 50.9 Å². The number of ether oxygens (including phenoxy) is 1. The summed E-state index contributed by atoms with van der Waals surface area (Å²) >= 11 is 13.3. The van der Waals surface area contributed by atoms with Gasteiger partial charge in [0, 0.05) is 31.3 Å². The number of fused-ring (bicyclic) bond motifs is 1.